The third kappa shape index (κ3) is 8.06. The third-order valence-electron chi connectivity index (χ3n) is 6.00. The Morgan fingerprint density at radius 2 is 1.67 bits per heavy atom. The molecule has 1 N–H and O–H groups in total. The van der Waals surface area contributed by atoms with Gasteiger partial charge in [-0.25, -0.2) is 8.42 Å². The Bertz CT molecular complexity index is 1350. The number of nitrogens with zero attached hydrogens (tertiary/aromatic N) is 2. The zero-order chi connectivity index (χ0) is 28.4. The summed E-state index contributed by atoms with van der Waals surface area (Å²) < 4.78 is 35.0. The SMILES string of the molecule is CCCNC(=O)[C@H](C)N(Cc1cccc(Br)c1)C(=O)CN(c1ccccc1)S(=O)(=O)c1ccc(OCC)cc1. The van der Waals surface area contributed by atoms with Crippen LogP contribution in [0.4, 0.5) is 5.69 Å². The van der Waals surface area contributed by atoms with Crippen molar-refractivity contribution in [2.75, 3.05) is 24.0 Å². The number of halogens is 1. The minimum Gasteiger partial charge on any atom is -0.494 e. The van der Waals surface area contributed by atoms with Crippen LogP contribution >= 0.6 is 15.9 Å². The van der Waals surface area contributed by atoms with Crippen LogP contribution in [0.2, 0.25) is 0 Å². The molecule has 208 valence electrons. The van der Waals surface area contributed by atoms with Gasteiger partial charge < -0.3 is 15.0 Å². The Kier molecular flexibility index (Phi) is 10.9. The molecule has 0 fully saturated rings. The lowest BCUT2D eigenvalue weighted by Crippen LogP contribution is -2.51. The van der Waals surface area contributed by atoms with Gasteiger partial charge in [0.1, 0.15) is 18.3 Å². The molecule has 2 amide bonds. The van der Waals surface area contributed by atoms with Crippen molar-refractivity contribution >= 4 is 43.5 Å². The quantitative estimate of drug-likeness (QED) is 0.292. The fourth-order valence-corrected chi connectivity index (χ4v) is 5.80. The molecule has 1 atom stereocenters. The fraction of sp³-hybridized carbons (Fsp3) is 0.310. The van der Waals surface area contributed by atoms with Gasteiger partial charge in [-0.1, -0.05) is 53.2 Å². The van der Waals surface area contributed by atoms with E-state index in [0.29, 0.717) is 24.6 Å². The number of hydrogen-bond acceptors (Lipinski definition) is 5. The Labute approximate surface area is 239 Å². The lowest BCUT2D eigenvalue weighted by Gasteiger charge is -2.32. The molecule has 3 aromatic rings. The summed E-state index contributed by atoms with van der Waals surface area (Å²) >= 11 is 3.45. The topological polar surface area (TPSA) is 96.0 Å². The van der Waals surface area contributed by atoms with Gasteiger partial charge in [-0.05, 0) is 74.4 Å². The molecule has 3 rings (SSSR count). The highest BCUT2D eigenvalue weighted by atomic mass is 79.9. The molecule has 8 nitrogen and oxygen atoms in total. The van der Waals surface area contributed by atoms with E-state index in [4.69, 9.17) is 4.74 Å². The molecule has 0 unspecified atom stereocenters. The summed E-state index contributed by atoms with van der Waals surface area (Å²) in [5.74, 6) is -0.265. The summed E-state index contributed by atoms with van der Waals surface area (Å²) in [6.45, 7) is 6.01. The Hall–Kier alpha value is -3.37. The van der Waals surface area contributed by atoms with Crippen LogP contribution in [0.1, 0.15) is 32.8 Å². The normalized spacial score (nSPS) is 11.9. The first kappa shape index (κ1) is 30.2. The number of sulfonamides is 1. The van der Waals surface area contributed by atoms with Crippen molar-refractivity contribution in [3.63, 3.8) is 0 Å². The molecule has 0 saturated carbocycles. The first-order valence-corrected chi connectivity index (χ1v) is 15.0. The molecule has 0 radical (unpaired) electrons. The second kappa shape index (κ2) is 14.1. The molecule has 0 aromatic heterocycles. The van der Waals surface area contributed by atoms with Gasteiger partial charge in [0.05, 0.1) is 17.2 Å². The summed E-state index contributed by atoms with van der Waals surface area (Å²) in [5.41, 5.74) is 1.14. The summed E-state index contributed by atoms with van der Waals surface area (Å²) in [6.07, 6.45) is 0.750. The van der Waals surface area contributed by atoms with E-state index in [1.54, 1.807) is 49.4 Å². The molecule has 0 aliphatic carbocycles. The van der Waals surface area contributed by atoms with Crippen LogP contribution in [0.3, 0.4) is 0 Å². The summed E-state index contributed by atoms with van der Waals surface area (Å²) in [4.78, 5) is 28.2. The predicted molar refractivity (Wildman–Crippen MR) is 156 cm³/mol. The largest absolute Gasteiger partial charge is 0.494 e. The third-order valence-corrected chi connectivity index (χ3v) is 8.29. The van der Waals surface area contributed by atoms with E-state index in [-0.39, 0.29) is 17.3 Å². The monoisotopic (exact) mass is 615 g/mol. The first-order chi connectivity index (χ1) is 18.7. The first-order valence-electron chi connectivity index (χ1n) is 12.8. The number of carbonyl (C=O) groups is 2. The van der Waals surface area contributed by atoms with Gasteiger partial charge in [0.2, 0.25) is 11.8 Å². The van der Waals surface area contributed by atoms with E-state index in [9.17, 15) is 18.0 Å². The summed E-state index contributed by atoms with van der Waals surface area (Å²) in [6, 6.07) is 21.1. The van der Waals surface area contributed by atoms with E-state index in [0.717, 1.165) is 20.8 Å². The van der Waals surface area contributed by atoms with E-state index in [1.165, 1.54) is 17.0 Å². The van der Waals surface area contributed by atoms with Gasteiger partial charge in [-0.2, -0.15) is 0 Å². The van der Waals surface area contributed by atoms with E-state index >= 15 is 0 Å². The van der Waals surface area contributed by atoms with E-state index in [1.807, 2.05) is 38.1 Å². The zero-order valence-corrected chi connectivity index (χ0v) is 24.7. The molecule has 0 saturated heterocycles. The summed E-state index contributed by atoms with van der Waals surface area (Å²) in [5, 5.41) is 2.84. The predicted octanol–water partition coefficient (Wildman–Crippen LogP) is 4.99. The molecule has 0 spiro atoms. The number of anilines is 1. The van der Waals surface area contributed by atoms with Crippen molar-refractivity contribution < 1.29 is 22.7 Å². The molecular weight excluding hydrogens is 582 g/mol. The lowest BCUT2D eigenvalue weighted by molar-refractivity contribution is -0.139. The molecule has 0 bridgehead atoms. The van der Waals surface area contributed by atoms with Crippen LogP contribution in [0, 0.1) is 0 Å². The fourth-order valence-electron chi connectivity index (χ4n) is 3.94. The van der Waals surface area contributed by atoms with Gasteiger partial charge in [0.25, 0.3) is 10.0 Å². The minimum absolute atomic E-state index is 0.0230. The lowest BCUT2D eigenvalue weighted by atomic mass is 10.1. The van der Waals surface area contributed by atoms with Gasteiger partial charge in [0.15, 0.2) is 0 Å². The molecule has 10 heteroatoms. The zero-order valence-electron chi connectivity index (χ0n) is 22.3. The van der Waals surface area contributed by atoms with Crippen LogP contribution in [0.5, 0.6) is 5.75 Å². The van der Waals surface area contributed by atoms with E-state index < -0.39 is 28.5 Å². The number of benzene rings is 3. The van der Waals surface area contributed by atoms with Crippen molar-refractivity contribution in [3.8, 4) is 5.75 Å². The number of hydrogen-bond donors (Lipinski definition) is 1. The van der Waals surface area contributed by atoms with Crippen LogP contribution in [0.25, 0.3) is 0 Å². The molecule has 3 aromatic carbocycles. The molecule has 0 heterocycles. The van der Waals surface area contributed by atoms with E-state index in [2.05, 4.69) is 21.2 Å². The standard InChI is InChI=1S/C29H34BrN3O5S/c1-4-18-31-29(35)22(3)32(20-23-10-9-11-24(30)19-23)28(34)21-33(25-12-7-6-8-13-25)39(36,37)27-16-14-26(15-17-27)38-5-2/h6-17,19,22H,4-5,18,20-21H2,1-3H3,(H,31,35)/t22-/m0/s1. The van der Waals surface area contributed by atoms with Crippen molar-refractivity contribution in [2.24, 2.45) is 0 Å². The molecule has 0 aliphatic heterocycles. The Morgan fingerprint density at radius 3 is 2.28 bits per heavy atom. The molecule has 39 heavy (non-hydrogen) atoms. The van der Waals surface area contributed by atoms with Crippen molar-refractivity contribution in [3.05, 3.63) is 88.9 Å². The molecule has 0 aliphatic rings. The van der Waals surface area contributed by atoms with Gasteiger partial charge in [-0.3, -0.25) is 13.9 Å². The molecular formula is C29H34BrN3O5S. The number of nitrogens with one attached hydrogen (secondary N) is 1. The van der Waals surface area contributed by atoms with Crippen LogP contribution < -0.4 is 14.4 Å². The van der Waals surface area contributed by atoms with Gasteiger partial charge in [-0.15, -0.1) is 0 Å². The summed E-state index contributed by atoms with van der Waals surface area (Å²) in [7, 11) is -4.13. The number of carbonyl (C=O) groups excluding carboxylic acids is 2. The number of rotatable bonds is 13. The number of ether oxygens (including phenoxy) is 1. The van der Waals surface area contributed by atoms with Crippen LogP contribution in [-0.2, 0) is 26.2 Å². The highest BCUT2D eigenvalue weighted by Crippen LogP contribution is 2.26. The maximum absolute atomic E-state index is 13.9. The van der Waals surface area contributed by atoms with Crippen molar-refractivity contribution in [1.29, 1.82) is 0 Å². The maximum Gasteiger partial charge on any atom is 0.264 e. The van der Waals surface area contributed by atoms with Gasteiger partial charge in [0, 0.05) is 17.6 Å². The average molecular weight is 617 g/mol. The highest BCUT2D eigenvalue weighted by molar-refractivity contribution is 9.10. The van der Waals surface area contributed by atoms with Crippen LogP contribution in [0.15, 0.2) is 88.2 Å². The smallest absolute Gasteiger partial charge is 0.264 e. The van der Waals surface area contributed by atoms with Crippen molar-refractivity contribution in [1.82, 2.24) is 10.2 Å². The average Bonchev–Trinajstić information content (AvgIpc) is 2.93. The second-order valence-corrected chi connectivity index (χ2v) is 11.6. The number of para-hydroxylation sites is 1. The highest BCUT2D eigenvalue weighted by Gasteiger charge is 2.32. The Morgan fingerprint density at radius 1 is 0.974 bits per heavy atom. The van der Waals surface area contributed by atoms with Gasteiger partial charge >= 0.3 is 0 Å². The second-order valence-electron chi connectivity index (χ2n) is 8.87. The van der Waals surface area contributed by atoms with Crippen molar-refractivity contribution in [2.45, 2.75) is 44.7 Å². The minimum atomic E-state index is -4.13. The number of amides is 2. The Balaban J connectivity index is 1.98. The van der Waals surface area contributed by atoms with Crippen LogP contribution in [-0.4, -0.2) is 50.9 Å². The maximum atomic E-state index is 13.9.